The van der Waals surface area contributed by atoms with E-state index in [1.54, 1.807) is 18.2 Å². The fourth-order valence-corrected chi connectivity index (χ4v) is 3.31. The fraction of sp³-hybridized carbons (Fsp3) is 0.278. The van der Waals surface area contributed by atoms with Gasteiger partial charge >= 0.3 is 0 Å². The first kappa shape index (κ1) is 16.0. The molecule has 2 aliphatic heterocycles. The topological polar surface area (TPSA) is 68.4 Å². The summed E-state index contributed by atoms with van der Waals surface area (Å²) in [5, 5.41) is 3.04. The normalized spacial score (nSPS) is 22.5. The lowest BCUT2D eigenvalue weighted by Crippen LogP contribution is -2.52. The number of anilines is 1. The van der Waals surface area contributed by atoms with Gasteiger partial charge in [0.15, 0.2) is 0 Å². The average Bonchev–Trinajstić information content (AvgIpc) is 3.11. The van der Waals surface area contributed by atoms with Crippen LogP contribution < -0.4 is 21.7 Å². The van der Waals surface area contributed by atoms with Crippen LogP contribution in [-0.4, -0.2) is 29.6 Å². The Hall–Kier alpha value is -2.48. The highest BCUT2D eigenvalue weighted by molar-refractivity contribution is 5.83. The van der Waals surface area contributed by atoms with Crippen LogP contribution in [-0.2, 0) is 17.8 Å². The number of carbonyl (C=O) groups excluding carboxylic acids is 1. The van der Waals surface area contributed by atoms with Crippen LogP contribution in [0.3, 0.4) is 0 Å². The second kappa shape index (κ2) is 6.79. The molecule has 130 valence electrons. The Morgan fingerprint density at radius 2 is 1.84 bits per heavy atom. The minimum atomic E-state index is -0.537. The molecule has 2 aliphatic rings. The van der Waals surface area contributed by atoms with Crippen LogP contribution in [0.4, 0.5) is 10.1 Å². The largest absolute Gasteiger partial charge is 0.365 e. The number of halogens is 1. The van der Waals surface area contributed by atoms with Gasteiger partial charge in [-0.2, -0.15) is 5.53 Å². The Morgan fingerprint density at radius 3 is 2.68 bits per heavy atom. The molecule has 0 aromatic heterocycles. The first-order chi connectivity index (χ1) is 12.2. The van der Waals surface area contributed by atoms with E-state index in [0.29, 0.717) is 18.8 Å². The quantitative estimate of drug-likeness (QED) is 0.674. The van der Waals surface area contributed by atoms with Gasteiger partial charge in [0.2, 0.25) is 5.91 Å². The third-order valence-corrected chi connectivity index (χ3v) is 4.68. The summed E-state index contributed by atoms with van der Waals surface area (Å²) in [4.78, 5) is 14.8. The maximum Gasteiger partial charge on any atom is 0.245 e. The van der Waals surface area contributed by atoms with Crippen molar-refractivity contribution in [2.45, 2.75) is 25.2 Å². The maximum absolute atomic E-state index is 13.9. The average molecular weight is 341 g/mol. The van der Waals surface area contributed by atoms with E-state index in [1.807, 2.05) is 17.0 Å². The number of amides is 1. The van der Waals surface area contributed by atoms with Crippen LogP contribution >= 0.6 is 0 Å². The summed E-state index contributed by atoms with van der Waals surface area (Å²) in [6, 6.07) is 14.1. The Labute approximate surface area is 145 Å². The molecule has 25 heavy (non-hydrogen) atoms. The van der Waals surface area contributed by atoms with Gasteiger partial charge in [-0.25, -0.2) is 15.2 Å². The Balaban J connectivity index is 1.47. The van der Waals surface area contributed by atoms with E-state index < -0.39 is 12.2 Å². The first-order valence-electron chi connectivity index (χ1n) is 8.35. The Morgan fingerprint density at radius 1 is 1.08 bits per heavy atom. The van der Waals surface area contributed by atoms with Crippen LogP contribution in [0.15, 0.2) is 48.5 Å². The van der Waals surface area contributed by atoms with E-state index in [0.717, 1.165) is 6.42 Å². The minimum Gasteiger partial charge on any atom is -0.365 e. The van der Waals surface area contributed by atoms with Gasteiger partial charge in [-0.1, -0.05) is 36.4 Å². The van der Waals surface area contributed by atoms with Crippen molar-refractivity contribution in [3.8, 4) is 0 Å². The number of fused-ring (bicyclic) bond motifs is 1. The molecule has 2 aromatic rings. The minimum absolute atomic E-state index is 0.0270. The fourth-order valence-electron chi connectivity index (χ4n) is 3.31. The molecule has 0 spiro atoms. The molecule has 7 heteroatoms. The second-order valence-corrected chi connectivity index (χ2v) is 6.27. The lowest BCUT2D eigenvalue weighted by molar-refractivity contribution is -0.134. The molecule has 1 amide bonds. The van der Waals surface area contributed by atoms with E-state index in [-0.39, 0.29) is 11.7 Å². The Kier molecular flexibility index (Phi) is 4.35. The Bertz CT molecular complexity index is 784. The molecule has 0 radical (unpaired) electrons. The van der Waals surface area contributed by atoms with E-state index >= 15 is 0 Å². The predicted molar refractivity (Wildman–Crippen MR) is 92.6 cm³/mol. The number of para-hydroxylation sites is 1. The lowest BCUT2D eigenvalue weighted by atomic mass is 9.99. The molecule has 2 unspecified atom stereocenters. The molecule has 6 nitrogen and oxygen atoms in total. The van der Waals surface area contributed by atoms with Crippen molar-refractivity contribution in [1.29, 1.82) is 0 Å². The highest BCUT2D eigenvalue weighted by Gasteiger charge is 2.36. The molecule has 2 aromatic carbocycles. The number of hydrazine groups is 2. The third-order valence-electron chi connectivity index (χ3n) is 4.68. The molecule has 2 heterocycles. The zero-order valence-electron chi connectivity index (χ0n) is 13.6. The summed E-state index contributed by atoms with van der Waals surface area (Å²) in [5.74, 6) is -0.379. The van der Waals surface area contributed by atoms with Crippen molar-refractivity contribution >= 4 is 11.6 Å². The number of benzene rings is 2. The summed E-state index contributed by atoms with van der Waals surface area (Å²) in [6.07, 6.45) is 0.391. The number of nitrogens with zero attached hydrogens (tertiary/aromatic N) is 1. The number of hydrogen-bond donors (Lipinski definition) is 4. The SMILES string of the molecule is O=C(C1NNNC1Nc1ccccc1F)N1CCc2ccccc2C1. The molecule has 0 saturated carbocycles. The number of rotatable bonds is 3. The third kappa shape index (κ3) is 3.21. The van der Waals surface area contributed by atoms with Crippen LogP contribution in [0.5, 0.6) is 0 Å². The van der Waals surface area contributed by atoms with Gasteiger partial charge in [0, 0.05) is 13.1 Å². The molecule has 1 fully saturated rings. The lowest BCUT2D eigenvalue weighted by Gasteiger charge is -2.32. The van der Waals surface area contributed by atoms with Crippen molar-refractivity contribution in [2.75, 3.05) is 11.9 Å². The molecule has 1 saturated heterocycles. The highest BCUT2D eigenvalue weighted by atomic mass is 19.1. The molecule has 0 bridgehead atoms. The van der Waals surface area contributed by atoms with Crippen LogP contribution in [0.25, 0.3) is 0 Å². The van der Waals surface area contributed by atoms with Crippen molar-refractivity contribution in [3.05, 3.63) is 65.5 Å². The number of hydrogen-bond acceptors (Lipinski definition) is 5. The zero-order valence-corrected chi connectivity index (χ0v) is 13.6. The van der Waals surface area contributed by atoms with Crippen LogP contribution in [0, 0.1) is 5.82 Å². The summed E-state index contributed by atoms with van der Waals surface area (Å²) in [6.45, 7) is 1.28. The van der Waals surface area contributed by atoms with Crippen molar-refractivity contribution < 1.29 is 9.18 Å². The van der Waals surface area contributed by atoms with E-state index in [9.17, 15) is 9.18 Å². The summed E-state index contributed by atoms with van der Waals surface area (Å²) in [5.41, 5.74) is 11.5. The van der Waals surface area contributed by atoms with Gasteiger partial charge in [-0.15, -0.1) is 0 Å². The van der Waals surface area contributed by atoms with Gasteiger partial charge in [-0.3, -0.25) is 4.79 Å². The van der Waals surface area contributed by atoms with E-state index in [2.05, 4.69) is 33.8 Å². The maximum atomic E-state index is 13.9. The van der Waals surface area contributed by atoms with Crippen LogP contribution in [0.1, 0.15) is 11.1 Å². The zero-order chi connectivity index (χ0) is 17.2. The van der Waals surface area contributed by atoms with Gasteiger partial charge in [0.05, 0.1) is 5.69 Å². The monoisotopic (exact) mass is 341 g/mol. The molecule has 2 atom stereocenters. The summed E-state index contributed by atoms with van der Waals surface area (Å²) < 4.78 is 13.9. The summed E-state index contributed by atoms with van der Waals surface area (Å²) >= 11 is 0. The van der Waals surface area contributed by atoms with Crippen molar-refractivity contribution in [2.24, 2.45) is 0 Å². The summed E-state index contributed by atoms with van der Waals surface area (Å²) in [7, 11) is 0. The standard InChI is InChI=1S/C18H20FN5O/c19-14-7-3-4-8-15(14)20-17-16(21-23-22-17)18(25)24-10-9-12-5-1-2-6-13(12)11-24/h1-8,16-17,20-23H,9-11H2. The van der Waals surface area contributed by atoms with Crippen LogP contribution in [0.2, 0.25) is 0 Å². The number of nitrogens with one attached hydrogen (secondary N) is 4. The molecular weight excluding hydrogens is 321 g/mol. The first-order valence-corrected chi connectivity index (χ1v) is 8.35. The highest BCUT2D eigenvalue weighted by Crippen LogP contribution is 2.20. The molecule has 0 aliphatic carbocycles. The van der Waals surface area contributed by atoms with E-state index in [1.165, 1.54) is 17.2 Å². The number of carbonyl (C=O) groups is 1. The van der Waals surface area contributed by atoms with Crippen molar-refractivity contribution in [3.63, 3.8) is 0 Å². The predicted octanol–water partition coefficient (Wildman–Crippen LogP) is 1.13. The van der Waals surface area contributed by atoms with Gasteiger partial charge in [0.1, 0.15) is 18.0 Å². The van der Waals surface area contributed by atoms with Gasteiger partial charge < -0.3 is 10.2 Å². The van der Waals surface area contributed by atoms with Gasteiger partial charge in [-0.05, 0) is 29.7 Å². The smallest absolute Gasteiger partial charge is 0.245 e. The molecule has 4 rings (SSSR count). The van der Waals surface area contributed by atoms with E-state index in [4.69, 9.17) is 0 Å². The molecular formula is C18H20FN5O. The van der Waals surface area contributed by atoms with Gasteiger partial charge in [0.25, 0.3) is 0 Å². The van der Waals surface area contributed by atoms with Crippen molar-refractivity contribution in [1.82, 2.24) is 21.3 Å². The molecule has 4 N–H and O–H groups in total. The second-order valence-electron chi connectivity index (χ2n) is 6.27.